The van der Waals surface area contributed by atoms with Gasteiger partial charge in [-0.25, -0.2) is 0 Å². The largest absolute Gasteiger partial charge is 0.461 e. The predicted octanol–water partition coefficient (Wildman–Crippen LogP) is 1.69. The SMILES string of the molecule is CCNC(=O)C(CN)Cc1cc2ccccc2o1. The number of para-hydroxylation sites is 1. The molecular formula is C14H18N2O2. The summed E-state index contributed by atoms with van der Waals surface area (Å²) < 4.78 is 5.69. The second kappa shape index (κ2) is 5.69. The number of carbonyl (C=O) groups is 1. The fraction of sp³-hybridized carbons (Fsp3) is 0.357. The highest BCUT2D eigenvalue weighted by Crippen LogP contribution is 2.20. The second-order valence-corrected chi connectivity index (χ2v) is 4.28. The molecule has 0 radical (unpaired) electrons. The topological polar surface area (TPSA) is 68.3 Å². The number of amides is 1. The Morgan fingerprint density at radius 2 is 2.22 bits per heavy atom. The minimum absolute atomic E-state index is 0.0135. The molecule has 3 N–H and O–H groups in total. The molecule has 0 aliphatic carbocycles. The van der Waals surface area contributed by atoms with Crippen LogP contribution in [0.2, 0.25) is 0 Å². The highest BCUT2D eigenvalue weighted by Gasteiger charge is 2.18. The second-order valence-electron chi connectivity index (χ2n) is 4.28. The molecule has 0 fully saturated rings. The Hall–Kier alpha value is -1.81. The molecule has 1 amide bonds. The van der Waals surface area contributed by atoms with E-state index in [1.54, 1.807) is 0 Å². The molecule has 1 aromatic heterocycles. The van der Waals surface area contributed by atoms with Crippen molar-refractivity contribution >= 4 is 16.9 Å². The van der Waals surface area contributed by atoms with Crippen molar-refractivity contribution in [2.24, 2.45) is 11.7 Å². The predicted molar refractivity (Wildman–Crippen MR) is 71.1 cm³/mol. The number of fused-ring (bicyclic) bond motifs is 1. The number of furan rings is 1. The molecule has 0 spiro atoms. The zero-order valence-corrected chi connectivity index (χ0v) is 10.5. The number of nitrogens with one attached hydrogen (secondary N) is 1. The third kappa shape index (κ3) is 2.71. The van der Waals surface area contributed by atoms with Crippen LogP contribution in [0.4, 0.5) is 0 Å². The summed E-state index contributed by atoms with van der Waals surface area (Å²) in [4.78, 5) is 11.8. The van der Waals surface area contributed by atoms with Crippen LogP contribution in [-0.2, 0) is 11.2 Å². The van der Waals surface area contributed by atoms with Gasteiger partial charge in [-0.1, -0.05) is 18.2 Å². The number of carbonyl (C=O) groups excluding carboxylic acids is 1. The molecule has 4 heteroatoms. The van der Waals surface area contributed by atoms with E-state index in [4.69, 9.17) is 10.2 Å². The van der Waals surface area contributed by atoms with E-state index in [1.807, 2.05) is 37.3 Å². The third-order valence-electron chi connectivity index (χ3n) is 2.93. The Morgan fingerprint density at radius 1 is 1.44 bits per heavy atom. The first-order chi connectivity index (χ1) is 8.74. The van der Waals surface area contributed by atoms with Crippen molar-refractivity contribution in [2.45, 2.75) is 13.3 Å². The molecule has 2 rings (SSSR count). The quantitative estimate of drug-likeness (QED) is 0.843. The van der Waals surface area contributed by atoms with Gasteiger partial charge in [0, 0.05) is 24.9 Å². The molecule has 1 unspecified atom stereocenters. The van der Waals surface area contributed by atoms with Gasteiger partial charge in [-0.15, -0.1) is 0 Å². The lowest BCUT2D eigenvalue weighted by atomic mass is 10.0. The maximum atomic E-state index is 11.8. The van der Waals surface area contributed by atoms with Gasteiger partial charge in [-0.3, -0.25) is 4.79 Å². The lowest BCUT2D eigenvalue weighted by molar-refractivity contribution is -0.124. The summed E-state index contributed by atoms with van der Waals surface area (Å²) >= 11 is 0. The van der Waals surface area contributed by atoms with Crippen molar-refractivity contribution in [1.29, 1.82) is 0 Å². The van der Waals surface area contributed by atoms with E-state index in [0.29, 0.717) is 19.5 Å². The Kier molecular flexibility index (Phi) is 3.99. The van der Waals surface area contributed by atoms with Gasteiger partial charge in [0.1, 0.15) is 11.3 Å². The summed E-state index contributed by atoms with van der Waals surface area (Å²) in [5.41, 5.74) is 6.49. The molecule has 1 heterocycles. The van der Waals surface area contributed by atoms with Crippen LogP contribution in [0.3, 0.4) is 0 Å². The highest BCUT2D eigenvalue weighted by atomic mass is 16.3. The van der Waals surface area contributed by atoms with E-state index < -0.39 is 0 Å². The summed E-state index contributed by atoms with van der Waals surface area (Å²) in [6.45, 7) is 2.84. The molecule has 0 saturated heterocycles. The minimum Gasteiger partial charge on any atom is -0.461 e. The number of nitrogens with two attached hydrogens (primary N) is 1. The zero-order valence-electron chi connectivity index (χ0n) is 10.5. The van der Waals surface area contributed by atoms with Gasteiger partial charge in [-0.05, 0) is 19.1 Å². The normalized spacial score (nSPS) is 12.6. The average molecular weight is 246 g/mol. The summed E-state index contributed by atoms with van der Waals surface area (Å²) in [7, 11) is 0. The maximum Gasteiger partial charge on any atom is 0.224 e. The van der Waals surface area contributed by atoms with Gasteiger partial charge in [0.2, 0.25) is 5.91 Å². The van der Waals surface area contributed by atoms with Crippen molar-refractivity contribution in [3.63, 3.8) is 0 Å². The van der Waals surface area contributed by atoms with Crippen molar-refractivity contribution < 1.29 is 9.21 Å². The molecular weight excluding hydrogens is 228 g/mol. The zero-order chi connectivity index (χ0) is 13.0. The van der Waals surface area contributed by atoms with Crippen LogP contribution < -0.4 is 11.1 Å². The van der Waals surface area contributed by atoms with E-state index in [2.05, 4.69) is 5.32 Å². The number of rotatable bonds is 5. The minimum atomic E-state index is -0.231. The van der Waals surface area contributed by atoms with Crippen LogP contribution in [-0.4, -0.2) is 19.0 Å². The van der Waals surface area contributed by atoms with Crippen LogP contribution in [0, 0.1) is 5.92 Å². The highest BCUT2D eigenvalue weighted by molar-refractivity contribution is 5.80. The molecule has 18 heavy (non-hydrogen) atoms. The summed E-state index contributed by atoms with van der Waals surface area (Å²) in [5.74, 6) is 0.559. The lowest BCUT2D eigenvalue weighted by Crippen LogP contribution is -2.36. The van der Waals surface area contributed by atoms with Crippen molar-refractivity contribution in [3.8, 4) is 0 Å². The number of hydrogen-bond donors (Lipinski definition) is 2. The molecule has 1 aromatic carbocycles. The van der Waals surface area contributed by atoms with Crippen LogP contribution in [0.5, 0.6) is 0 Å². The molecule has 4 nitrogen and oxygen atoms in total. The first-order valence-corrected chi connectivity index (χ1v) is 6.19. The van der Waals surface area contributed by atoms with Crippen LogP contribution in [0.1, 0.15) is 12.7 Å². The van der Waals surface area contributed by atoms with Gasteiger partial charge in [0.15, 0.2) is 0 Å². The van der Waals surface area contributed by atoms with Gasteiger partial charge >= 0.3 is 0 Å². The Morgan fingerprint density at radius 3 is 2.89 bits per heavy atom. The van der Waals surface area contributed by atoms with Crippen molar-refractivity contribution in [2.75, 3.05) is 13.1 Å². The first-order valence-electron chi connectivity index (χ1n) is 6.19. The molecule has 2 aromatic rings. The molecule has 96 valence electrons. The van der Waals surface area contributed by atoms with Crippen LogP contribution in [0.15, 0.2) is 34.7 Å². The first kappa shape index (κ1) is 12.6. The third-order valence-corrected chi connectivity index (χ3v) is 2.93. The van der Waals surface area contributed by atoms with Gasteiger partial charge in [-0.2, -0.15) is 0 Å². The Bertz CT molecular complexity index is 500. The van der Waals surface area contributed by atoms with Gasteiger partial charge in [0.25, 0.3) is 0 Å². The molecule has 0 saturated carbocycles. The Labute approximate surface area is 106 Å². The van der Waals surface area contributed by atoms with Crippen LogP contribution in [0.25, 0.3) is 11.0 Å². The maximum absolute atomic E-state index is 11.8. The fourth-order valence-corrected chi connectivity index (χ4v) is 1.98. The van der Waals surface area contributed by atoms with E-state index in [9.17, 15) is 4.79 Å². The van der Waals surface area contributed by atoms with Gasteiger partial charge < -0.3 is 15.5 Å². The van der Waals surface area contributed by atoms with E-state index in [1.165, 1.54) is 0 Å². The molecule has 1 atom stereocenters. The van der Waals surface area contributed by atoms with Crippen molar-refractivity contribution in [1.82, 2.24) is 5.32 Å². The van der Waals surface area contributed by atoms with E-state index in [-0.39, 0.29) is 11.8 Å². The fourth-order valence-electron chi connectivity index (χ4n) is 1.98. The number of benzene rings is 1. The summed E-state index contributed by atoms with van der Waals surface area (Å²) in [6, 6.07) is 9.77. The molecule has 0 aliphatic heterocycles. The summed E-state index contributed by atoms with van der Waals surface area (Å²) in [5, 5.41) is 3.84. The van der Waals surface area contributed by atoms with E-state index in [0.717, 1.165) is 16.7 Å². The van der Waals surface area contributed by atoms with Crippen molar-refractivity contribution in [3.05, 3.63) is 36.1 Å². The molecule has 0 bridgehead atoms. The Balaban J connectivity index is 2.13. The van der Waals surface area contributed by atoms with Crippen LogP contribution >= 0.6 is 0 Å². The molecule has 0 aliphatic rings. The summed E-state index contributed by atoms with van der Waals surface area (Å²) in [6.07, 6.45) is 0.539. The standard InChI is InChI=1S/C14H18N2O2/c1-2-16-14(17)11(9-15)8-12-7-10-5-3-4-6-13(10)18-12/h3-7,11H,2,8-9,15H2,1H3,(H,16,17). The van der Waals surface area contributed by atoms with E-state index >= 15 is 0 Å². The lowest BCUT2D eigenvalue weighted by Gasteiger charge is -2.12. The smallest absolute Gasteiger partial charge is 0.224 e. The van der Waals surface area contributed by atoms with Gasteiger partial charge in [0.05, 0.1) is 5.92 Å². The number of hydrogen-bond acceptors (Lipinski definition) is 3. The average Bonchev–Trinajstić information content (AvgIpc) is 2.78. The monoisotopic (exact) mass is 246 g/mol.